The number of rotatable bonds is 3. The number of nitrogens with one attached hydrogen (secondary N) is 1. The second kappa shape index (κ2) is 4.37. The molecule has 0 aromatic carbocycles. The number of likely N-dealkylation sites (tertiary alicyclic amines) is 1. The second-order valence-corrected chi connectivity index (χ2v) is 3.70. The van der Waals surface area contributed by atoms with Crippen LogP contribution < -0.4 is 0 Å². The van der Waals surface area contributed by atoms with Crippen LogP contribution in [0.2, 0.25) is 0 Å². The zero-order chi connectivity index (χ0) is 9.80. The summed E-state index contributed by atoms with van der Waals surface area (Å²) in [6.07, 6.45) is 7.02. The van der Waals surface area contributed by atoms with Gasteiger partial charge in [0.05, 0.1) is 6.54 Å². The molecule has 4 heteroatoms. The number of aromatic nitrogens is 2. The number of carbonyl (C=O) groups is 1. The fourth-order valence-corrected chi connectivity index (χ4v) is 1.81. The van der Waals surface area contributed by atoms with E-state index in [2.05, 4.69) is 14.9 Å². The SMILES string of the molecule is O=C(CN1CCCCC1)c1ncc[nH]1. The summed E-state index contributed by atoms with van der Waals surface area (Å²) in [6.45, 7) is 2.60. The molecule has 0 saturated carbocycles. The molecule has 0 aliphatic carbocycles. The Morgan fingerprint density at radius 1 is 1.43 bits per heavy atom. The number of piperidine rings is 1. The molecule has 14 heavy (non-hydrogen) atoms. The maximum Gasteiger partial charge on any atom is 0.211 e. The average molecular weight is 193 g/mol. The minimum absolute atomic E-state index is 0.0944. The van der Waals surface area contributed by atoms with Crippen LogP contribution in [0.4, 0.5) is 0 Å². The molecule has 0 bridgehead atoms. The molecule has 0 spiro atoms. The van der Waals surface area contributed by atoms with Crippen molar-refractivity contribution < 1.29 is 4.79 Å². The van der Waals surface area contributed by atoms with E-state index in [0.717, 1.165) is 13.1 Å². The van der Waals surface area contributed by atoms with Crippen LogP contribution in [-0.2, 0) is 0 Å². The second-order valence-electron chi connectivity index (χ2n) is 3.70. The summed E-state index contributed by atoms with van der Waals surface area (Å²) < 4.78 is 0. The predicted molar refractivity (Wildman–Crippen MR) is 53.2 cm³/mol. The Kier molecular flexibility index (Phi) is 2.93. The number of hydrogen-bond donors (Lipinski definition) is 1. The number of aromatic amines is 1. The van der Waals surface area contributed by atoms with Gasteiger partial charge >= 0.3 is 0 Å². The average Bonchev–Trinajstić information content (AvgIpc) is 2.72. The molecule has 0 unspecified atom stereocenters. The van der Waals surface area contributed by atoms with Crippen molar-refractivity contribution in [2.24, 2.45) is 0 Å². The summed E-state index contributed by atoms with van der Waals surface area (Å²) >= 11 is 0. The van der Waals surface area contributed by atoms with Crippen molar-refractivity contribution >= 4 is 5.78 Å². The number of nitrogens with zero attached hydrogens (tertiary/aromatic N) is 2. The first-order valence-electron chi connectivity index (χ1n) is 5.11. The molecule has 0 amide bonds. The highest BCUT2D eigenvalue weighted by molar-refractivity contribution is 5.94. The molecule has 0 radical (unpaired) electrons. The molecule has 2 rings (SSSR count). The highest BCUT2D eigenvalue weighted by Crippen LogP contribution is 2.08. The number of carbonyl (C=O) groups excluding carboxylic acids is 1. The van der Waals surface area contributed by atoms with Crippen LogP contribution in [0.15, 0.2) is 12.4 Å². The molecule has 1 aromatic rings. The van der Waals surface area contributed by atoms with Crippen LogP contribution in [0.1, 0.15) is 29.9 Å². The van der Waals surface area contributed by atoms with E-state index in [1.54, 1.807) is 12.4 Å². The van der Waals surface area contributed by atoms with Crippen LogP contribution >= 0.6 is 0 Å². The van der Waals surface area contributed by atoms with E-state index in [1.807, 2.05) is 0 Å². The van der Waals surface area contributed by atoms with E-state index < -0.39 is 0 Å². The number of imidazole rings is 1. The standard InChI is InChI=1S/C10H15N3O/c14-9(10-11-4-5-12-10)8-13-6-2-1-3-7-13/h4-5H,1-3,6-8H2,(H,11,12). The van der Waals surface area contributed by atoms with Crippen LogP contribution in [0.25, 0.3) is 0 Å². The minimum Gasteiger partial charge on any atom is -0.342 e. The van der Waals surface area contributed by atoms with E-state index in [0.29, 0.717) is 12.4 Å². The molecular formula is C10H15N3O. The Labute approximate surface area is 83.3 Å². The molecule has 2 heterocycles. The van der Waals surface area contributed by atoms with Crippen molar-refractivity contribution in [1.29, 1.82) is 0 Å². The molecule has 1 N–H and O–H groups in total. The fourth-order valence-electron chi connectivity index (χ4n) is 1.81. The fraction of sp³-hybridized carbons (Fsp3) is 0.600. The normalized spacial score (nSPS) is 18.3. The van der Waals surface area contributed by atoms with E-state index in [1.165, 1.54) is 19.3 Å². The summed E-state index contributed by atoms with van der Waals surface area (Å²) in [5.41, 5.74) is 0. The lowest BCUT2D eigenvalue weighted by molar-refractivity contribution is 0.0906. The van der Waals surface area contributed by atoms with Gasteiger partial charge in [0.15, 0.2) is 5.82 Å². The topological polar surface area (TPSA) is 49.0 Å². The number of ketones is 1. The largest absolute Gasteiger partial charge is 0.342 e. The van der Waals surface area contributed by atoms with Gasteiger partial charge in [0.2, 0.25) is 5.78 Å². The zero-order valence-electron chi connectivity index (χ0n) is 8.20. The summed E-state index contributed by atoms with van der Waals surface area (Å²) in [4.78, 5) is 20.6. The van der Waals surface area contributed by atoms with Crippen molar-refractivity contribution in [1.82, 2.24) is 14.9 Å². The lowest BCUT2D eigenvalue weighted by atomic mass is 10.1. The molecule has 0 atom stereocenters. The molecule has 4 nitrogen and oxygen atoms in total. The van der Waals surface area contributed by atoms with E-state index in [4.69, 9.17) is 0 Å². The first kappa shape index (κ1) is 9.40. The van der Waals surface area contributed by atoms with Crippen molar-refractivity contribution in [3.63, 3.8) is 0 Å². The van der Waals surface area contributed by atoms with Crippen molar-refractivity contribution in [3.8, 4) is 0 Å². The third kappa shape index (κ3) is 2.20. The predicted octanol–water partition coefficient (Wildman–Crippen LogP) is 1.08. The first-order chi connectivity index (χ1) is 6.86. The molecule has 1 saturated heterocycles. The van der Waals surface area contributed by atoms with Crippen LogP contribution in [0.3, 0.4) is 0 Å². The third-order valence-electron chi connectivity index (χ3n) is 2.58. The molecule has 1 fully saturated rings. The monoisotopic (exact) mass is 193 g/mol. The minimum atomic E-state index is 0.0944. The van der Waals surface area contributed by atoms with Crippen molar-refractivity contribution in [2.45, 2.75) is 19.3 Å². The smallest absolute Gasteiger partial charge is 0.211 e. The third-order valence-corrected chi connectivity index (χ3v) is 2.58. The Morgan fingerprint density at radius 3 is 2.86 bits per heavy atom. The number of H-pyrrole nitrogens is 1. The summed E-state index contributed by atoms with van der Waals surface area (Å²) in [5, 5.41) is 0. The van der Waals surface area contributed by atoms with Gasteiger partial charge in [-0.3, -0.25) is 9.69 Å². The van der Waals surface area contributed by atoms with Crippen LogP contribution in [-0.4, -0.2) is 40.3 Å². The summed E-state index contributed by atoms with van der Waals surface area (Å²) in [6, 6.07) is 0. The van der Waals surface area contributed by atoms with Gasteiger partial charge < -0.3 is 4.98 Å². The van der Waals surface area contributed by atoms with Gasteiger partial charge in [-0.2, -0.15) is 0 Å². The van der Waals surface area contributed by atoms with Crippen molar-refractivity contribution in [3.05, 3.63) is 18.2 Å². The van der Waals surface area contributed by atoms with E-state index in [-0.39, 0.29) is 5.78 Å². The van der Waals surface area contributed by atoms with Crippen LogP contribution in [0.5, 0.6) is 0 Å². The molecule has 1 aliphatic rings. The highest BCUT2D eigenvalue weighted by Gasteiger charge is 2.15. The Balaban J connectivity index is 1.87. The maximum absolute atomic E-state index is 11.6. The molecule has 76 valence electrons. The quantitative estimate of drug-likeness (QED) is 0.731. The van der Waals surface area contributed by atoms with Gasteiger partial charge in [0.25, 0.3) is 0 Å². The van der Waals surface area contributed by atoms with Gasteiger partial charge in [-0.25, -0.2) is 4.98 Å². The maximum atomic E-state index is 11.6. The van der Waals surface area contributed by atoms with Gasteiger partial charge in [-0.05, 0) is 25.9 Å². The Bertz CT molecular complexity index is 288. The number of hydrogen-bond acceptors (Lipinski definition) is 3. The van der Waals surface area contributed by atoms with E-state index >= 15 is 0 Å². The summed E-state index contributed by atoms with van der Waals surface area (Å²) in [5.74, 6) is 0.576. The van der Waals surface area contributed by atoms with Gasteiger partial charge in [-0.15, -0.1) is 0 Å². The highest BCUT2D eigenvalue weighted by atomic mass is 16.1. The zero-order valence-corrected chi connectivity index (χ0v) is 8.20. The Hall–Kier alpha value is -1.16. The van der Waals surface area contributed by atoms with Gasteiger partial charge in [0, 0.05) is 12.4 Å². The van der Waals surface area contributed by atoms with Gasteiger partial charge in [-0.1, -0.05) is 6.42 Å². The van der Waals surface area contributed by atoms with Crippen molar-refractivity contribution in [2.75, 3.05) is 19.6 Å². The lowest BCUT2D eigenvalue weighted by Gasteiger charge is -2.25. The molecule has 1 aliphatic heterocycles. The molecular weight excluding hydrogens is 178 g/mol. The van der Waals surface area contributed by atoms with E-state index in [9.17, 15) is 4.79 Å². The molecule has 1 aromatic heterocycles. The summed E-state index contributed by atoms with van der Waals surface area (Å²) in [7, 11) is 0. The lowest BCUT2D eigenvalue weighted by Crippen LogP contribution is -2.34. The first-order valence-corrected chi connectivity index (χ1v) is 5.11. The Morgan fingerprint density at radius 2 is 2.21 bits per heavy atom. The van der Waals surface area contributed by atoms with Gasteiger partial charge in [0.1, 0.15) is 0 Å². The van der Waals surface area contributed by atoms with Crippen LogP contribution in [0, 0.1) is 0 Å². The number of Topliss-reactive ketones (excluding diaryl/α,β-unsaturated/α-hetero) is 1.